The molecule has 120 valence electrons. The minimum absolute atomic E-state index is 0. The maximum Gasteiger partial charge on any atom is 0.472 e. The molecule has 0 aliphatic heterocycles. The largest absolute Gasteiger partial charge is 0.472 e. The summed E-state index contributed by atoms with van der Waals surface area (Å²) in [6.07, 6.45) is -10.8. The Balaban J connectivity index is -0.00000128. The molecule has 0 amide bonds. The van der Waals surface area contributed by atoms with Crippen molar-refractivity contribution in [3.05, 3.63) is 0 Å². The van der Waals surface area contributed by atoms with Crippen molar-refractivity contribution in [2.45, 2.75) is 30.7 Å². The molecule has 0 saturated carbocycles. The average Bonchev–Trinajstić information content (AvgIpc) is 2.22. The summed E-state index contributed by atoms with van der Waals surface area (Å²) in [6, 6.07) is 0. The summed E-state index contributed by atoms with van der Waals surface area (Å²) in [5.74, 6) is 0. The van der Waals surface area contributed by atoms with Crippen molar-refractivity contribution in [2.24, 2.45) is 0 Å². The monoisotopic (exact) mass is 312 g/mol. The van der Waals surface area contributed by atoms with Gasteiger partial charge in [-0.2, -0.15) is 0 Å². The molecule has 0 fully saturated rings. The molecule has 5 atom stereocenters. The van der Waals surface area contributed by atoms with E-state index in [2.05, 4.69) is 4.52 Å². The third-order valence-corrected chi connectivity index (χ3v) is 2.31. The van der Waals surface area contributed by atoms with Crippen LogP contribution in [0.2, 0.25) is 0 Å². The molecule has 0 aromatic heterocycles. The van der Waals surface area contributed by atoms with Gasteiger partial charge in [-0.15, -0.1) is 0 Å². The van der Waals surface area contributed by atoms with E-state index < -0.39 is 45.1 Å². The fraction of sp³-hybridized carbons (Fsp3) is 1.00. The molecular formula is C6H21N2O10P. The van der Waals surface area contributed by atoms with Crippen LogP contribution in [0, 0.1) is 0 Å². The summed E-state index contributed by atoms with van der Waals surface area (Å²) in [5, 5.41) is 53.8. The van der Waals surface area contributed by atoms with Gasteiger partial charge in [-0.3, -0.25) is 4.52 Å². The highest BCUT2D eigenvalue weighted by Gasteiger charge is 2.37. The molecule has 12 nitrogen and oxygen atoms in total. The third kappa shape index (κ3) is 8.54. The number of phosphoric ester groups is 1. The van der Waals surface area contributed by atoms with E-state index in [1.54, 1.807) is 0 Å². The molecule has 0 aliphatic carbocycles. The molecular weight excluding hydrogens is 291 g/mol. The Morgan fingerprint density at radius 2 is 1.32 bits per heavy atom. The van der Waals surface area contributed by atoms with Gasteiger partial charge in [0.15, 0.2) is 6.29 Å². The van der Waals surface area contributed by atoms with Crippen LogP contribution in [0.5, 0.6) is 0 Å². The second-order valence-electron chi connectivity index (χ2n) is 3.21. The molecule has 0 bridgehead atoms. The Kier molecular flexibility index (Phi) is 12.1. The molecule has 0 radical (unpaired) electrons. The predicted octanol–water partition coefficient (Wildman–Crippen LogP) is -3.83. The van der Waals surface area contributed by atoms with Crippen molar-refractivity contribution in [1.82, 2.24) is 12.3 Å². The highest BCUT2D eigenvalue weighted by molar-refractivity contribution is 7.46. The maximum atomic E-state index is 10.3. The lowest BCUT2D eigenvalue weighted by atomic mass is 10.0. The van der Waals surface area contributed by atoms with Crippen molar-refractivity contribution in [2.75, 3.05) is 6.61 Å². The molecule has 19 heavy (non-hydrogen) atoms. The van der Waals surface area contributed by atoms with Crippen LogP contribution in [0.3, 0.4) is 0 Å². The number of hydrogen-bond acceptors (Lipinski definition) is 10. The first-order chi connectivity index (χ1) is 7.60. The van der Waals surface area contributed by atoms with Gasteiger partial charge in [0.05, 0.1) is 6.61 Å². The van der Waals surface area contributed by atoms with E-state index in [4.69, 9.17) is 35.3 Å². The normalized spacial score (nSPS) is 19.4. The van der Waals surface area contributed by atoms with Gasteiger partial charge in [0.1, 0.15) is 24.4 Å². The lowest BCUT2D eigenvalue weighted by Crippen LogP contribution is -2.50. The van der Waals surface area contributed by atoms with Crippen LogP contribution < -0.4 is 12.3 Å². The summed E-state index contributed by atoms with van der Waals surface area (Å²) >= 11 is 0. The average molecular weight is 312 g/mol. The summed E-state index contributed by atoms with van der Waals surface area (Å²) < 4.78 is 13.9. The summed E-state index contributed by atoms with van der Waals surface area (Å²) in [6.45, 7) is -0.930. The molecule has 0 saturated heterocycles. The van der Waals surface area contributed by atoms with Gasteiger partial charge in [-0.25, -0.2) is 4.57 Å². The highest BCUT2D eigenvalue weighted by Crippen LogP contribution is 2.37. The lowest BCUT2D eigenvalue weighted by molar-refractivity contribution is -0.185. The molecule has 0 aromatic carbocycles. The third-order valence-electron chi connectivity index (χ3n) is 1.82. The Hall–Kier alpha value is -0.210. The topological polar surface area (TPSA) is 258 Å². The molecule has 0 aromatic rings. The van der Waals surface area contributed by atoms with E-state index in [1.165, 1.54) is 0 Å². The van der Waals surface area contributed by atoms with Crippen LogP contribution in [0.1, 0.15) is 0 Å². The Bertz CT molecular complexity index is 275. The lowest BCUT2D eigenvalue weighted by Gasteiger charge is -2.28. The Labute approximate surface area is 108 Å². The van der Waals surface area contributed by atoms with Gasteiger partial charge in [-0.1, -0.05) is 0 Å². The number of aliphatic hydroxyl groups excluding tert-OH is 6. The van der Waals surface area contributed by atoms with Crippen molar-refractivity contribution < 1.29 is 49.5 Å². The number of hydrogen-bond donors (Lipinski definition) is 10. The highest BCUT2D eigenvalue weighted by atomic mass is 31.2. The van der Waals surface area contributed by atoms with Crippen molar-refractivity contribution >= 4 is 7.82 Å². The van der Waals surface area contributed by atoms with E-state index in [-0.39, 0.29) is 12.3 Å². The van der Waals surface area contributed by atoms with Crippen LogP contribution in [0.25, 0.3) is 0 Å². The second-order valence-corrected chi connectivity index (χ2v) is 4.40. The van der Waals surface area contributed by atoms with Gasteiger partial charge in [0, 0.05) is 0 Å². The van der Waals surface area contributed by atoms with Crippen LogP contribution in [-0.2, 0) is 9.09 Å². The van der Waals surface area contributed by atoms with Gasteiger partial charge in [-0.05, 0) is 0 Å². The second kappa shape index (κ2) is 9.66. The minimum Gasteiger partial charge on any atom is -0.394 e. The van der Waals surface area contributed by atoms with Crippen LogP contribution in [0.15, 0.2) is 0 Å². The Morgan fingerprint density at radius 3 is 1.63 bits per heavy atom. The molecule has 0 rings (SSSR count). The zero-order valence-electron chi connectivity index (χ0n) is 9.85. The fourth-order valence-corrected chi connectivity index (χ4v) is 1.32. The summed E-state index contributed by atoms with van der Waals surface area (Å²) in [5.41, 5.74) is 0. The first kappa shape index (κ1) is 23.9. The fourth-order valence-electron chi connectivity index (χ4n) is 0.909. The van der Waals surface area contributed by atoms with E-state index in [0.29, 0.717) is 0 Å². The predicted molar refractivity (Wildman–Crippen MR) is 60.3 cm³/mol. The minimum atomic E-state index is -5.09. The van der Waals surface area contributed by atoms with Crippen molar-refractivity contribution in [3.63, 3.8) is 0 Å². The molecule has 1 unspecified atom stereocenters. The van der Waals surface area contributed by atoms with E-state index in [0.717, 1.165) is 0 Å². The summed E-state index contributed by atoms with van der Waals surface area (Å²) in [7, 11) is -5.09. The van der Waals surface area contributed by atoms with E-state index in [9.17, 15) is 9.67 Å². The zero-order chi connectivity index (χ0) is 13.8. The van der Waals surface area contributed by atoms with Crippen LogP contribution >= 0.6 is 7.82 Å². The van der Waals surface area contributed by atoms with E-state index in [1.807, 2.05) is 0 Å². The zero-order valence-corrected chi connectivity index (χ0v) is 10.7. The number of rotatable bonds is 7. The molecule has 14 N–H and O–H groups in total. The SMILES string of the molecule is N.N.O=P(O)(O)OC(O)[C@H](O)[C@@H](O)[C@H](O)[C@H](O)CO. The summed E-state index contributed by atoms with van der Waals surface area (Å²) in [4.78, 5) is 16.6. The molecule has 0 spiro atoms. The van der Waals surface area contributed by atoms with Crippen LogP contribution in [0.4, 0.5) is 0 Å². The standard InChI is InChI=1S/C6H15O10P.2H3N/c7-1-2(8)3(9)4(10)5(11)6(12)16-17(13,14)15;;/h2-12H,1H2,(H2,13,14,15);2*1H3/t2-,3-,4+,5-,6?;;/m1../s1. The smallest absolute Gasteiger partial charge is 0.394 e. The van der Waals surface area contributed by atoms with Gasteiger partial charge in [0.25, 0.3) is 0 Å². The molecule has 0 aliphatic rings. The number of phosphoric acid groups is 1. The first-order valence-corrected chi connectivity index (χ1v) is 5.88. The van der Waals surface area contributed by atoms with E-state index >= 15 is 0 Å². The van der Waals surface area contributed by atoms with Gasteiger partial charge >= 0.3 is 7.82 Å². The maximum absolute atomic E-state index is 10.3. The van der Waals surface area contributed by atoms with Crippen LogP contribution in [-0.4, -0.2) is 77.7 Å². The molecule has 13 heteroatoms. The molecule has 0 heterocycles. The Morgan fingerprint density at radius 1 is 0.895 bits per heavy atom. The van der Waals surface area contributed by atoms with Gasteiger partial charge in [0.2, 0.25) is 0 Å². The quantitative estimate of drug-likeness (QED) is 0.160. The van der Waals surface area contributed by atoms with Gasteiger partial charge < -0.3 is 52.7 Å². The van der Waals surface area contributed by atoms with Crippen molar-refractivity contribution in [1.29, 1.82) is 0 Å². The van der Waals surface area contributed by atoms with Crippen molar-refractivity contribution in [3.8, 4) is 0 Å². The first-order valence-electron chi connectivity index (χ1n) is 4.35. The number of aliphatic hydroxyl groups is 6.